The molecule has 0 aliphatic heterocycles. The highest BCUT2D eigenvalue weighted by atomic mass is 35.5. The summed E-state index contributed by atoms with van der Waals surface area (Å²) in [6, 6.07) is 13.2. The van der Waals surface area contributed by atoms with E-state index < -0.39 is 0 Å². The molecule has 0 aliphatic rings. The first kappa shape index (κ1) is 15.5. The fraction of sp³-hybridized carbons (Fsp3) is 0.235. The number of nitrogens with zero attached hydrogens (tertiary/aromatic N) is 1. The maximum absolute atomic E-state index is 11.9. The van der Waals surface area contributed by atoms with Gasteiger partial charge in [0.15, 0.2) is 0 Å². The predicted molar refractivity (Wildman–Crippen MR) is 85.6 cm³/mol. The number of rotatable bonds is 4. The Morgan fingerprint density at radius 1 is 1.19 bits per heavy atom. The van der Waals surface area contributed by atoms with Crippen molar-refractivity contribution in [2.75, 3.05) is 21.2 Å². The Morgan fingerprint density at radius 2 is 1.90 bits per heavy atom. The summed E-state index contributed by atoms with van der Waals surface area (Å²) >= 11 is 6.21. The van der Waals surface area contributed by atoms with E-state index in [9.17, 15) is 4.79 Å². The van der Waals surface area contributed by atoms with Gasteiger partial charge >= 0.3 is 5.97 Å². The van der Waals surface area contributed by atoms with Crippen molar-refractivity contribution in [1.29, 1.82) is 0 Å². The van der Waals surface area contributed by atoms with E-state index in [1.54, 1.807) is 6.07 Å². The van der Waals surface area contributed by atoms with Crippen molar-refractivity contribution >= 4 is 17.6 Å². The van der Waals surface area contributed by atoms with E-state index in [2.05, 4.69) is 4.90 Å². The highest BCUT2D eigenvalue weighted by Crippen LogP contribution is 2.28. The molecule has 0 unspecified atom stereocenters. The molecule has 4 heteroatoms. The van der Waals surface area contributed by atoms with Crippen molar-refractivity contribution < 1.29 is 9.53 Å². The van der Waals surface area contributed by atoms with Crippen molar-refractivity contribution in [3.8, 4) is 11.1 Å². The lowest BCUT2D eigenvalue weighted by Gasteiger charge is -2.13. The van der Waals surface area contributed by atoms with Gasteiger partial charge in [-0.25, -0.2) is 4.79 Å². The second-order valence-electron chi connectivity index (χ2n) is 5.12. The van der Waals surface area contributed by atoms with Crippen molar-refractivity contribution in [2.24, 2.45) is 0 Å². The van der Waals surface area contributed by atoms with E-state index in [4.69, 9.17) is 16.3 Å². The number of esters is 1. The average Bonchev–Trinajstić information content (AvgIpc) is 2.45. The molecule has 3 nitrogen and oxygen atoms in total. The van der Waals surface area contributed by atoms with E-state index in [0.29, 0.717) is 10.6 Å². The molecular weight excluding hydrogens is 286 g/mol. The summed E-state index contributed by atoms with van der Waals surface area (Å²) < 4.78 is 4.84. The highest BCUT2D eigenvalue weighted by molar-refractivity contribution is 6.31. The Balaban J connectivity index is 2.51. The van der Waals surface area contributed by atoms with Crippen LogP contribution in [0.3, 0.4) is 0 Å². The molecule has 21 heavy (non-hydrogen) atoms. The van der Waals surface area contributed by atoms with Crippen LogP contribution in [0.25, 0.3) is 11.1 Å². The first-order valence-corrected chi connectivity index (χ1v) is 7.01. The van der Waals surface area contributed by atoms with Gasteiger partial charge in [-0.1, -0.05) is 29.8 Å². The molecule has 0 amide bonds. The number of halogens is 1. The second kappa shape index (κ2) is 6.74. The van der Waals surface area contributed by atoms with Gasteiger partial charge in [-0.2, -0.15) is 0 Å². The number of carbonyl (C=O) groups is 1. The van der Waals surface area contributed by atoms with Crippen LogP contribution in [-0.4, -0.2) is 32.1 Å². The lowest BCUT2D eigenvalue weighted by molar-refractivity contribution is 0.0601. The maximum Gasteiger partial charge on any atom is 0.338 e. The molecule has 2 aromatic rings. The molecule has 0 aromatic heterocycles. The first-order chi connectivity index (χ1) is 10.0. The minimum atomic E-state index is -0.347. The molecular formula is C17H18ClNO2. The lowest BCUT2D eigenvalue weighted by Crippen LogP contribution is -2.10. The van der Waals surface area contributed by atoms with E-state index in [-0.39, 0.29) is 5.97 Å². The van der Waals surface area contributed by atoms with E-state index in [1.807, 2.05) is 50.5 Å². The van der Waals surface area contributed by atoms with Gasteiger partial charge in [0.05, 0.1) is 12.7 Å². The summed E-state index contributed by atoms with van der Waals surface area (Å²) in [5.41, 5.74) is 3.38. The number of benzene rings is 2. The molecule has 0 saturated heterocycles. The third kappa shape index (κ3) is 3.84. The van der Waals surface area contributed by atoms with Gasteiger partial charge in [0, 0.05) is 11.6 Å². The third-order valence-electron chi connectivity index (χ3n) is 3.10. The number of hydrogen-bond donors (Lipinski definition) is 0. The summed E-state index contributed by atoms with van der Waals surface area (Å²) in [6.07, 6.45) is 0. The molecule has 110 valence electrons. The highest BCUT2D eigenvalue weighted by Gasteiger charge is 2.13. The largest absolute Gasteiger partial charge is 0.465 e. The van der Waals surface area contributed by atoms with Gasteiger partial charge in [0.25, 0.3) is 0 Å². The Hall–Kier alpha value is -1.84. The summed E-state index contributed by atoms with van der Waals surface area (Å²) in [6.45, 7) is 0.786. The molecule has 0 radical (unpaired) electrons. The molecule has 0 heterocycles. The van der Waals surface area contributed by atoms with Crippen LogP contribution < -0.4 is 0 Å². The van der Waals surface area contributed by atoms with Crippen LogP contribution in [0.4, 0.5) is 0 Å². The maximum atomic E-state index is 11.9. The van der Waals surface area contributed by atoms with Gasteiger partial charge in [0.2, 0.25) is 0 Å². The fourth-order valence-corrected chi connectivity index (χ4v) is 2.54. The van der Waals surface area contributed by atoms with Gasteiger partial charge < -0.3 is 9.64 Å². The summed E-state index contributed by atoms with van der Waals surface area (Å²) in [4.78, 5) is 14.0. The van der Waals surface area contributed by atoms with Gasteiger partial charge in [-0.3, -0.25) is 0 Å². The monoisotopic (exact) mass is 303 g/mol. The topological polar surface area (TPSA) is 29.5 Å². The average molecular weight is 304 g/mol. The number of ether oxygens (including phenoxy) is 1. The van der Waals surface area contributed by atoms with Crippen LogP contribution in [-0.2, 0) is 11.3 Å². The quantitative estimate of drug-likeness (QED) is 0.803. The number of hydrogen-bond acceptors (Lipinski definition) is 3. The van der Waals surface area contributed by atoms with Crippen LogP contribution in [0, 0.1) is 0 Å². The Kier molecular flexibility index (Phi) is 4.99. The van der Waals surface area contributed by atoms with Gasteiger partial charge in [-0.15, -0.1) is 0 Å². The van der Waals surface area contributed by atoms with Crippen LogP contribution in [0.15, 0.2) is 42.5 Å². The molecule has 0 spiro atoms. The lowest BCUT2D eigenvalue weighted by atomic mass is 9.98. The third-order valence-corrected chi connectivity index (χ3v) is 3.32. The summed E-state index contributed by atoms with van der Waals surface area (Å²) in [7, 11) is 5.39. The minimum Gasteiger partial charge on any atom is -0.465 e. The van der Waals surface area contributed by atoms with Crippen molar-refractivity contribution in [3.05, 3.63) is 58.6 Å². The Bertz CT molecular complexity index is 653. The zero-order valence-corrected chi connectivity index (χ0v) is 13.1. The molecule has 2 rings (SSSR count). The molecule has 0 saturated carbocycles. The van der Waals surface area contributed by atoms with Crippen molar-refractivity contribution in [3.63, 3.8) is 0 Å². The molecule has 0 N–H and O–H groups in total. The SMILES string of the molecule is COC(=O)c1ccccc1-c1cc(Cl)cc(CN(C)C)c1. The van der Waals surface area contributed by atoms with Crippen LogP contribution >= 0.6 is 11.6 Å². The van der Waals surface area contributed by atoms with Gasteiger partial charge in [-0.05, 0) is 55.1 Å². The minimum absolute atomic E-state index is 0.347. The van der Waals surface area contributed by atoms with Crippen LogP contribution in [0.1, 0.15) is 15.9 Å². The predicted octanol–water partition coefficient (Wildman–Crippen LogP) is 3.86. The molecule has 0 fully saturated rings. The van der Waals surface area contributed by atoms with Crippen LogP contribution in [0.5, 0.6) is 0 Å². The normalized spacial score (nSPS) is 10.7. The molecule has 0 bridgehead atoms. The summed E-state index contributed by atoms with van der Waals surface area (Å²) in [5.74, 6) is -0.347. The van der Waals surface area contributed by atoms with Crippen LogP contribution in [0.2, 0.25) is 5.02 Å². The fourth-order valence-electron chi connectivity index (χ4n) is 2.29. The Labute approximate surface area is 130 Å². The first-order valence-electron chi connectivity index (χ1n) is 6.63. The number of methoxy groups -OCH3 is 1. The standard InChI is InChI=1S/C17H18ClNO2/c1-19(2)11-12-8-13(10-14(18)9-12)15-6-4-5-7-16(15)17(20)21-3/h4-10H,11H2,1-3H3. The zero-order chi connectivity index (χ0) is 15.4. The van der Waals surface area contributed by atoms with E-state index >= 15 is 0 Å². The second-order valence-corrected chi connectivity index (χ2v) is 5.56. The summed E-state index contributed by atoms with van der Waals surface area (Å²) in [5, 5.41) is 0.656. The Morgan fingerprint density at radius 3 is 2.57 bits per heavy atom. The van der Waals surface area contributed by atoms with Gasteiger partial charge in [0.1, 0.15) is 0 Å². The van der Waals surface area contributed by atoms with Crippen molar-refractivity contribution in [1.82, 2.24) is 4.90 Å². The van der Waals surface area contributed by atoms with E-state index in [1.165, 1.54) is 7.11 Å². The molecule has 0 atom stereocenters. The van der Waals surface area contributed by atoms with E-state index in [0.717, 1.165) is 23.2 Å². The molecule has 0 aliphatic carbocycles. The number of carbonyl (C=O) groups excluding carboxylic acids is 1. The molecule has 2 aromatic carbocycles. The smallest absolute Gasteiger partial charge is 0.338 e. The zero-order valence-electron chi connectivity index (χ0n) is 12.4. The van der Waals surface area contributed by atoms with Crippen molar-refractivity contribution in [2.45, 2.75) is 6.54 Å².